The van der Waals surface area contributed by atoms with Crippen molar-refractivity contribution in [1.29, 1.82) is 0 Å². The van der Waals surface area contributed by atoms with Crippen LogP contribution in [0.25, 0.3) is 0 Å². The van der Waals surface area contributed by atoms with Gasteiger partial charge in [-0.2, -0.15) is 0 Å². The molecule has 166 valence electrons. The summed E-state index contributed by atoms with van der Waals surface area (Å²) in [4.78, 5) is 25.0. The van der Waals surface area contributed by atoms with Gasteiger partial charge in [0, 0.05) is 23.4 Å². The van der Waals surface area contributed by atoms with E-state index in [0.717, 1.165) is 5.57 Å². The number of fused-ring (bicyclic) bond motifs is 5. The molecular formula is C24H33FO5. The van der Waals surface area contributed by atoms with Crippen LogP contribution in [0.3, 0.4) is 0 Å². The van der Waals surface area contributed by atoms with Gasteiger partial charge < -0.3 is 14.9 Å². The zero-order chi connectivity index (χ0) is 22.1. The number of allylic oxidation sites excluding steroid dienone is 4. The number of aliphatic hydroxyl groups is 2. The highest BCUT2D eigenvalue weighted by Crippen LogP contribution is 2.70. The van der Waals surface area contributed by atoms with Crippen molar-refractivity contribution in [1.82, 2.24) is 0 Å². The van der Waals surface area contributed by atoms with E-state index in [1.165, 1.54) is 12.2 Å². The Morgan fingerprint density at radius 2 is 2.03 bits per heavy atom. The van der Waals surface area contributed by atoms with E-state index in [2.05, 4.69) is 0 Å². The summed E-state index contributed by atoms with van der Waals surface area (Å²) in [6.07, 6.45) is 4.74. The molecule has 0 amide bonds. The molecule has 0 spiro atoms. The summed E-state index contributed by atoms with van der Waals surface area (Å²) in [6.45, 7) is 7.42. The minimum absolute atomic E-state index is 0.00592. The molecule has 4 rings (SSSR count). The molecule has 30 heavy (non-hydrogen) atoms. The van der Waals surface area contributed by atoms with Gasteiger partial charge in [0.2, 0.25) is 0 Å². The monoisotopic (exact) mass is 420 g/mol. The maximum absolute atomic E-state index is 17.0. The molecule has 5 nitrogen and oxygen atoms in total. The second-order valence-corrected chi connectivity index (χ2v) is 10.2. The summed E-state index contributed by atoms with van der Waals surface area (Å²) in [5, 5.41) is 22.9. The molecule has 0 heterocycles. The molecule has 0 saturated heterocycles. The number of aliphatic hydroxyl groups excluding tert-OH is 1. The number of hydrogen-bond acceptors (Lipinski definition) is 5. The average Bonchev–Trinajstić information content (AvgIpc) is 2.89. The molecule has 0 radical (unpaired) electrons. The Hall–Kier alpha value is -1.37. The van der Waals surface area contributed by atoms with Crippen LogP contribution in [0.1, 0.15) is 53.4 Å². The van der Waals surface area contributed by atoms with Crippen LogP contribution in [-0.4, -0.2) is 52.4 Å². The van der Waals surface area contributed by atoms with Crippen LogP contribution < -0.4 is 0 Å². The second kappa shape index (κ2) is 6.81. The Morgan fingerprint density at radius 3 is 2.70 bits per heavy atom. The predicted molar refractivity (Wildman–Crippen MR) is 109 cm³/mol. The zero-order valence-electron chi connectivity index (χ0n) is 18.3. The van der Waals surface area contributed by atoms with Gasteiger partial charge in [-0.3, -0.25) is 9.59 Å². The first kappa shape index (κ1) is 21.8. The maximum Gasteiger partial charge on any atom is 0.190 e. The standard InChI is InChI=1S/C24H33FO5/c1-5-30-13-20(28)24(29)14(2)10-18-17-7-6-15-11-16(26)8-9-21(15,3)23(17,25)19(27)12-22(18,24)4/h8-9,11,14,17-19,27,29H,5-7,10,12-13H2,1-4H3. The van der Waals surface area contributed by atoms with Crippen molar-refractivity contribution < 1.29 is 28.9 Å². The summed E-state index contributed by atoms with van der Waals surface area (Å²) in [6, 6.07) is 0. The Kier molecular flexibility index (Phi) is 4.96. The number of rotatable bonds is 4. The lowest BCUT2D eigenvalue weighted by molar-refractivity contribution is -0.219. The predicted octanol–water partition coefficient (Wildman–Crippen LogP) is 2.94. The van der Waals surface area contributed by atoms with Gasteiger partial charge >= 0.3 is 0 Å². The number of carbonyl (C=O) groups is 2. The SMILES string of the molecule is CCOCC(=O)C1(O)C(C)CC2C3CCC4=CC(=O)C=CC4(C)C3(F)C(O)CC21C. The van der Waals surface area contributed by atoms with E-state index in [9.17, 15) is 19.8 Å². The molecule has 0 aromatic carbocycles. The minimum Gasteiger partial charge on any atom is -0.390 e. The van der Waals surface area contributed by atoms with Crippen molar-refractivity contribution in [2.75, 3.05) is 13.2 Å². The summed E-state index contributed by atoms with van der Waals surface area (Å²) in [5.74, 6) is -1.65. The average molecular weight is 421 g/mol. The molecule has 3 fully saturated rings. The first-order valence-electron chi connectivity index (χ1n) is 11.1. The molecule has 8 atom stereocenters. The summed E-state index contributed by atoms with van der Waals surface area (Å²) >= 11 is 0. The van der Waals surface area contributed by atoms with Gasteiger partial charge in [-0.25, -0.2) is 4.39 Å². The molecule has 3 saturated carbocycles. The fourth-order valence-electron chi connectivity index (χ4n) is 7.45. The van der Waals surface area contributed by atoms with Crippen LogP contribution >= 0.6 is 0 Å². The van der Waals surface area contributed by atoms with Crippen molar-refractivity contribution in [2.45, 2.75) is 70.8 Å². The molecule has 8 unspecified atom stereocenters. The van der Waals surface area contributed by atoms with Crippen molar-refractivity contribution in [2.24, 2.45) is 28.6 Å². The lowest BCUT2D eigenvalue weighted by Gasteiger charge is -2.62. The second-order valence-electron chi connectivity index (χ2n) is 10.2. The van der Waals surface area contributed by atoms with Crippen LogP contribution in [0, 0.1) is 28.6 Å². The topological polar surface area (TPSA) is 83.8 Å². The molecule has 4 aliphatic carbocycles. The molecule has 0 aliphatic heterocycles. The highest BCUT2D eigenvalue weighted by atomic mass is 19.1. The Labute approximate surface area is 177 Å². The number of ketones is 2. The maximum atomic E-state index is 17.0. The van der Waals surface area contributed by atoms with Crippen LogP contribution in [0.2, 0.25) is 0 Å². The van der Waals surface area contributed by atoms with E-state index in [1.807, 2.05) is 13.8 Å². The first-order chi connectivity index (χ1) is 14.0. The van der Waals surface area contributed by atoms with Crippen molar-refractivity contribution in [3.8, 4) is 0 Å². The smallest absolute Gasteiger partial charge is 0.190 e. The van der Waals surface area contributed by atoms with Crippen LogP contribution in [0.5, 0.6) is 0 Å². The zero-order valence-corrected chi connectivity index (χ0v) is 18.3. The summed E-state index contributed by atoms with van der Waals surface area (Å²) in [7, 11) is 0. The molecule has 0 aromatic heterocycles. The number of ether oxygens (including phenoxy) is 1. The number of alkyl halides is 1. The van der Waals surface area contributed by atoms with Crippen molar-refractivity contribution in [3.63, 3.8) is 0 Å². The molecule has 2 N–H and O–H groups in total. The van der Waals surface area contributed by atoms with E-state index >= 15 is 4.39 Å². The van der Waals surface area contributed by atoms with Crippen LogP contribution in [0.4, 0.5) is 4.39 Å². The highest BCUT2D eigenvalue weighted by molar-refractivity contribution is 6.01. The Bertz CT molecular complexity index is 835. The van der Waals surface area contributed by atoms with Gasteiger partial charge in [0.25, 0.3) is 0 Å². The van der Waals surface area contributed by atoms with Gasteiger partial charge in [0.1, 0.15) is 12.2 Å². The van der Waals surface area contributed by atoms with Gasteiger partial charge in [0.05, 0.1) is 6.10 Å². The highest BCUT2D eigenvalue weighted by Gasteiger charge is 2.75. The number of Topliss-reactive ketones (excluding diaryl/α,β-unsaturated/α-hetero) is 1. The van der Waals surface area contributed by atoms with E-state index in [4.69, 9.17) is 4.74 Å². The van der Waals surface area contributed by atoms with Gasteiger partial charge in [0.15, 0.2) is 17.2 Å². The Morgan fingerprint density at radius 1 is 1.33 bits per heavy atom. The van der Waals surface area contributed by atoms with E-state index in [-0.39, 0.29) is 36.4 Å². The number of halogens is 1. The summed E-state index contributed by atoms with van der Waals surface area (Å²) < 4.78 is 22.3. The number of carbonyl (C=O) groups excluding carboxylic acids is 2. The minimum atomic E-state index is -1.95. The molecule has 0 aromatic rings. The Balaban J connectivity index is 1.77. The third-order valence-corrected chi connectivity index (χ3v) is 9.08. The van der Waals surface area contributed by atoms with E-state index in [1.54, 1.807) is 19.9 Å². The normalized spacial score (nSPS) is 49.8. The fraction of sp³-hybridized carbons (Fsp3) is 0.750. The van der Waals surface area contributed by atoms with Gasteiger partial charge in [-0.1, -0.05) is 25.5 Å². The van der Waals surface area contributed by atoms with E-state index in [0.29, 0.717) is 25.9 Å². The number of hydrogen-bond donors (Lipinski definition) is 2. The van der Waals surface area contributed by atoms with Crippen molar-refractivity contribution in [3.05, 3.63) is 23.8 Å². The van der Waals surface area contributed by atoms with Gasteiger partial charge in [-0.05, 0) is 63.5 Å². The lowest BCUT2D eigenvalue weighted by atomic mass is 9.44. The van der Waals surface area contributed by atoms with Gasteiger partial charge in [-0.15, -0.1) is 0 Å². The molecular weight excluding hydrogens is 387 g/mol. The van der Waals surface area contributed by atoms with Crippen LogP contribution in [-0.2, 0) is 14.3 Å². The third-order valence-electron chi connectivity index (χ3n) is 9.08. The molecule has 0 bridgehead atoms. The molecule has 4 aliphatic rings. The first-order valence-corrected chi connectivity index (χ1v) is 11.1. The van der Waals surface area contributed by atoms with Crippen LogP contribution in [0.15, 0.2) is 23.8 Å². The third kappa shape index (κ3) is 2.44. The quantitative estimate of drug-likeness (QED) is 0.731. The fourth-order valence-corrected chi connectivity index (χ4v) is 7.45. The van der Waals surface area contributed by atoms with E-state index < -0.39 is 34.1 Å². The summed E-state index contributed by atoms with van der Waals surface area (Å²) in [5.41, 5.74) is -4.89. The largest absolute Gasteiger partial charge is 0.390 e. The van der Waals surface area contributed by atoms with Crippen molar-refractivity contribution >= 4 is 11.6 Å². The lowest BCUT2D eigenvalue weighted by Crippen LogP contribution is -2.69. The molecule has 6 heteroatoms.